The van der Waals surface area contributed by atoms with Crippen molar-refractivity contribution in [3.05, 3.63) is 58.3 Å². The fraction of sp³-hybridized carbons (Fsp3) is 0.231. The second-order valence-electron chi connectivity index (χ2n) is 3.95. The fourth-order valence-corrected chi connectivity index (χ4v) is 1.86. The van der Waals surface area contributed by atoms with E-state index in [0.29, 0.717) is 21.9 Å². The number of aliphatic hydroxyl groups is 1. The summed E-state index contributed by atoms with van der Waals surface area (Å²) in [7, 11) is 0. The van der Waals surface area contributed by atoms with Crippen LogP contribution in [0.25, 0.3) is 0 Å². The largest absolute Gasteiger partial charge is 0.469 e. The van der Waals surface area contributed by atoms with Gasteiger partial charge in [0, 0.05) is 17.0 Å². The van der Waals surface area contributed by atoms with Gasteiger partial charge in [0.25, 0.3) is 0 Å². The summed E-state index contributed by atoms with van der Waals surface area (Å²) in [4.78, 5) is 0. The van der Waals surface area contributed by atoms with Crippen molar-refractivity contribution >= 4 is 11.6 Å². The molecule has 1 aromatic heterocycles. The summed E-state index contributed by atoms with van der Waals surface area (Å²) in [5, 5.41) is 10.4. The van der Waals surface area contributed by atoms with E-state index in [0.717, 1.165) is 0 Å². The molecule has 0 saturated carbocycles. The minimum Gasteiger partial charge on any atom is -0.469 e. The van der Waals surface area contributed by atoms with Gasteiger partial charge in [0.05, 0.1) is 12.4 Å². The molecule has 1 aromatic carbocycles. The Hall–Kier alpha value is -1.32. The van der Waals surface area contributed by atoms with Crippen LogP contribution in [0, 0.1) is 12.7 Å². The zero-order valence-corrected chi connectivity index (χ0v) is 10.0. The Labute approximate surface area is 104 Å². The summed E-state index contributed by atoms with van der Waals surface area (Å²) in [6, 6.07) is 6.03. The Morgan fingerprint density at radius 2 is 2.18 bits per heavy atom. The molecule has 2 rings (SSSR count). The van der Waals surface area contributed by atoms with Crippen molar-refractivity contribution in [2.45, 2.75) is 19.4 Å². The van der Waals surface area contributed by atoms with E-state index in [4.69, 9.17) is 16.0 Å². The molecule has 1 atom stereocenters. The van der Waals surface area contributed by atoms with E-state index in [-0.39, 0.29) is 12.2 Å². The maximum Gasteiger partial charge on any atom is 0.126 e. The van der Waals surface area contributed by atoms with Gasteiger partial charge in [-0.05, 0) is 36.8 Å². The van der Waals surface area contributed by atoms with Crippen LogP contribution in [-0.2, 0) is 6.42 Å². The maximum atomic E-state index is 13.5. The van der Waals surface area contributed by atoms with Crippen LogP contribution in [0.4, 0.5) is 4.39 Å². The van der Waals surface area contributed by atoms with Crippen LogP contribution in [-0.4, -0.2) is 5.11 Å². The van der Waals surface area contributed by atoms with Gasteiger partial charge in [-0.1, -0.05) is 11.6 Å². The van der Waals surface area contributed by atoms with Gasteiger partial charge < -0.3 is 9.52 Å². The lowest BCUT2D eigenvalue weighted by atomic mass is 10.0. The topological polar surface area (TPSA) is 33.4 Å². The second-order valence-corrected chi connectivity index (χ2v) is 4.38. The first kappa shape index (κ1) is 12.1. The molecule has 0 saturated heterocycles. The molecule has 4 heteroatoms. The first-order valence-corrected chi connectivity index (χ1v) is 5.61. The molecule has 0 radical (unpaired) electrons. The summed E-state index contributed by atoms with van der Waals surface area (Å²) in [5.41, 5.74) is 1.03. The van der Waals surface area contributed by atoms with Crippen molar-refractivity contribution in [2.75, 3.05) is 0 Å². The molecule has 0 aliphatic carbocycles. The molecule has 2 nitrogen and oxygen atoms in total. The van der Waals surface area contributed by atoms with E-state index in [9.17, 15) is 9.50 Å². The summed E-state index contributed by atoms with van der Waals surface area (Å²) < 4.78 is 18.6. The minimum absolute atomic E-state index is 0.172. The number of aryl methyl sites for hydroxylation is 1. The van der Waals surface area contributed by atoms with Gasteiger partial charge >= 0.3 is 0 Å². The normalized spacial score (nSPS) is 12.7. The molecule has 1 heterocycles. The van der Waals surface area contributed by atoms with Gasteiger partial charge in [0.2, 0.25) is 0 Å². The summed E-state index contributed by atoms with van der Waals surface area (Å²) in [6.07, 6.45) is 0.855. The highest BCUT2D eigenvalue weighted by Gasteiger charge is 2.14. The number of furan rings is 1. The van der Waals surface area contributed by atoms with E-state index in [1.54, 1.807) is 13.0 Å². The Kier molecular flexibility index (Phi) is 3.50. The van der Waals surface area contributed by atoms with Crippen LogP contribution >= 0.6 is 11.6 Å². The van der Waals surface area contributed by atoms with Crippen LogP contribution in [0.15, 0.2) is 34.9 Å². The molecule has 0 amide bonds. The van der Waals surface area contributed by atoms with Gasteiger partial charge in [0.1, 0.15) is 11.6 Å². The highest BCUT2D eigenvalue weighted by molar-refractivity contribution is 6.30. The first-order valence-electron chi connectivity index (χ1n) is 5.23. The van der Waals surface area contributed by atoms with Crippen LogP contribution in [0.3, 0.4) is 0 Å². The quantitative estimate of drug-likeness (QED) is 0.907. The van der Waals surface area contributed by atoms with Gasteiger partial charge in [-0.25, -0.2) is 4.39 Å². The summed E-state index contributed by atoms with van der Waals surface area (Å²) >= 11 is 5.78. The highest BCUT2D eigenvalue weighted by atomic mass is 35.5. The molecule has 17 heavy (non-hydrogen) atoms. The number of aliphatic hydroxyl groups excluding tert-OH is 1. The number of rotatable bonds is 3. The van der Waals surface area contributed by atoms with Crippen LogP contribution in [0.5, 0.6) is 0 Å². The van der Waals surface area contributed by atoms with E-state index in [2.05, 4.69) is 0 Å². The van der Waals surface area contributed by atoms with Gasteiger partial charge in [0.15, 0.2) is 0 Å². The van der Waals surface area contributed by atoms with E-state index < -0.39 is 6.10 Å². The minimum atomic E-state index is -0.791. The Balaban J connectivity index is 2.18. The number of hydrogen-bond donors (Lipinski definition) is 1. The Morgan fingerprint density at radius 1 is 1.41 bits per heavy atom. The lowest BCUT2D eigenvalue weighted by Gasteiger charge is -2.09. The second kappa shape index (κ2) is 4.90. The Bertz CT molecular complexity index is 522. The van der Waals surface area contributed by atoms with E-state index >= 15 is 0 Å². The van der Waals surface area contributed by atoms with Crippen molar-refractivity contribution in [1.82, 2.24) is 0 Å². The molecule has 1 unspecified atom stereocenters. The average molecular weight is 255 g/mol. The molecular formula is C13H12ClFO2. The smallest absolute Gasteiger partial charge is 0.126 e. The van der Waals surface area contributed by atoms with Gasteiger partial charge in [-0.3, -0.25) is 0 Å². The molecule has 1 N–H and O–H groups in total. The molecule has 0 fully saturated rings. The Morgan fingerprint density at radius 3 is 2.82 bits per heavy atom. The van der Waals surface area contributed by atoms with E-state index in [1.165, 1.54) is 24.5 Å². The van der Waals surface area contributed by atoms with Crippen molar-refractivity contribution in [2.24, 2.45) is 0 Å². The number of halogens is 2. The zero-order chi connectivity index (χ0) is 12.4. The third kappa shape index (κ3) is 2.87. The monoisotopic (exact) mass is 254 g/mol. The van der Waals surface area contributed by atoms with Crippen molar-refractivity contribution in [3.8, 4) is 0 Å². The number of hydrogen-bond acceptors (Lipinski definition) is 2. The average Bonchev–Trinajstić information content (AvgIpc) is 2.70. The predicted molar refractivity (Wildman–Crippen MR) is 63.5 cm³/mol. The van der Waals surface area contributed by atoms with E-state index in [1.807, 2.05) is 0 Å². The first-order chi connectivity index (χ1) is 8.06. The van der Waals surface area contributed by atoms with Gasteiger partial charge in [-0.2, -0.15) is 0 Å². The van der Waals surface area contributed by atoms with Crippen LogP contribution in [0.1, 0.15) is 23.0 Å². The standard InChI is InChI=1S/C13H12ClFO2/c1-8-4-10(7-17-8)13(16)6-9-5-11(14)2-3-12(9)15/h2-5,7,13,16H,6H2,1H3. The molecule has 0 aliphatic rings. The van der Waals surface area contributed by atoms with Crippen molar-refractivity contribution < 1.29 is 13.9 Å². The third-order valence-electron chi connectivity index (χ3n) is 2.56. The number of benzene rings is 1. The van der Waals surface area contributed by atoms with Crippen LogP contribution < -0.4 is 0 Å². The SMILES string of the molecule is Cc1cc(C(O)Cc2cc(Cl)ccc2F)co1. The highest BCUT2D eigenvalue weighted by Crippen LogP contribution is 2.23. The van der Waals surface area contributed by atoms with Gasteiger partial charge in [-0.15, -0.1) is 0 Å². The van der Waals surface area contributed by atoms with Crippen molar-refractivity contribution in [3.63, 3.8) is 0 Å². The maximum absolute atomic E-state index is 13.5. The lowest BCUT2D eigenvalue weighted by Crippen LogP contribution is -2.02. The molecule has 0 bridgehead atoms. The molecule has 2 aromatic rings. The summed E-state index contributed by atoms with van der Waals surface area (Å²) in [6.45, 7) is 1.79. The molecule has 0 spiro atoms. The van der Waals surface area contributed by atoms with Crippen molar-refractivity contribution in [1.29, 1.82) is 0 Å². The third-order valence-corrected chi connectivity index (χ3v) is 2.79. The molecule has 90 valence electrons. The lowest BCUT2D eigenvalue weighted by molar-refractivity contribution is 0.176. The predicted octanol–water partition coefficient (Wildman–Crippen LogP) is 3.66. The molecule has 0 aliphatic heterocycles. The zero-order valence-electron chi connectivity index (χ0n) is 9.28. The fourth-order valence-electron chi connectivity index (χ4n) is 1.66. The summed E-state index contributed by atoms with van der Waals surface area (Å²) in [5.74, 6) is 0.347. The van der Waals surface area contributed by atoms with Crippen LogP contribution in [0.2, 0.25) is 5.02 Å². The molecular weight excluding hydrogens is 243 g/mol.